The van der Waals surface area contributed by atoms with Crippen molar-refractivity contribution in [2.24, 2.45) is 0 Å². The number of likely N-dealkylation sites (N-methyl/N-ethyl adjacent to an activating group) is 1. The van der Waals surface area contributed by atoms with Crippen molar-refractivity contribution in [1.29, 1.82) is 0 Å². The van der Waals surface area contributed by atoms with Gasteiger partial charge in [-0.05, 0) is 30.3 Å². The van der Waals surface area contributed by atoms with Crippen LogP contribution in [0.25, 0.3) is 22.6 Å². The molecule has 24 heavy (non-hydrogen) atoms. The second-order valence-corrected chi connectivity index (χ2v) is 6.10. The third-order valence-corrected chi connectivity index (χ3v) is 4.49. The number of hydrogen-bond acceptors (Lipinski definition) is 5. The number of aromatic nitrogens is 2. The quantitative estimate of drug-likeness (QED) is 0.804. The summed E-state index contributed by atoms with van der Waals surface area (Å²) in [6, 6.07) is 18.7. The van der Waals surface area contributed by atoms with Crippen LogP contribution in [0.2, 0.25) is 0 Å². The fourth-order valence-electron chi connectivity index (χ4n) is 3.02. The molecule has 5 heteroatoms. The van der Waals surface area contributed by atoms with Gasteiger partial charge in [-0.1, -0.05) is 47.6 Å². The van der Waals surface area contributed by atoms with Gasteiger partial charge in [0, 0.05) is 25.2 Å². The van der Waals surface area contributed by atoms with Crippen LogP contribution in [0.15, 0.2) is 59.1 Å². The molecule has 3 aromatic rings. The van der Waals surface area contributed by atoms with Crippen molar-refractivity contribution in [3.8, 4) is 22.6 Å². The Balaban J connectivity index is 1.56. The van der Waals surface area contributed by atoms with Crippen LogP contribution >= 0.6 is 0 Å². The number of nitrogens with zero attached hydrogens (tertiary/aromatic N) is 3. The van der Waals surface area contributed by atoms with Crippen LogP contribution in [0.1, 0.15) is 11.9 Å². The molecular weight excluding hydrogens is 300 g/mol. The van der Waals surface area contributed by atoms with Crippen LogP contribution in [0.3, 0.4) is 0 Å². The van der Waals surface area contributed by atoms with Gasteiger partial charge in [0.05, 0.1) is 6.04 Å². The Morgan fingerprint density at radius 2 is 1.71 bits per heavy atom. The Morgan fingerprint density at radius 1 is 1.00 bits per heavy atom. The molecule has 0 amide bonds. The molecule has 122 valence electrons. The topological polar surface area (TPSA) is 54.2 Å². The second-order valence-electron chi connectivity index (χ2n) is 6.10. The predicted octanol–water partition coefficient (Wildman–Crippen LogP) is 2.98. The molecule has 4 rings (SSSR count). The standard InChI is InChI=1S/C19H20N4O/c1-23-12-11-20-13-17(23)18-21-19(24-22-18)16-9-7-15(8-10-16)14-5-3-2-4-6-14/h2-10,17,20H,11-13H2,1H3. The molecule has 1 N–H and O–H groups in total. The van der Waals surface area contributed by atoms with Gasteiger partial charge in [0.1, 0.15) is 0 Å². The van der Waals surface area contributed by atoms with Gasteiger partial charge in [0.2, 0.25) is 0 Å². The summed E-state index contributed by atoms with van der Waals surface area (Å²) in [5.74, 6) is 1.32. The lowest BCUT2D eigenvalue weighted by Crippen LogP contribution is -2.44. The predicted molar refractivity (Wildman–Crippen MR) is 93.4 cm³/mol. The van der Waals surface area contributed by atoms with E-state index in [4.69, 9.17) is 4.52 Å². The summed E-state index contributed by atoms with van der Waals surface area (Å²) in [7, 11) is 2.09. The van der Waals surface area contributed by atoms with Crippen molar-refractivity contribution in [1.82, 2.24) is 20.4 Å². The highest BCUT2D eigenvalue weighted by molar-refractivity contribution is 5.67. The van der Waals surface area contributed by atoms with E-state index in [1.54, 1.807) is 0 Å². The Bertz CT molecular complexity index is 798. The van der Waals surface area contributed by atoms with Crippen molar-refractivity contribution in [3.05, 3.63) is 60.4 Å². The molecular formula is C19H20N4O. The van der Waals surface area contributed by atoms with E-state index in [1.165, 1.54) is 11.1 Å². The van der Waals surface area contributed by atoms with Crippen LogP contribution in [-0.2, 0) is 0 Å². The van der Waals surface area contributed by atoms with Gasteiger partial charge in [-0.25, -0.2) is 0 Å². The molecule has 1 unspecified atom stereocenters. The first-order chi connectivity index (χ1) is 11.8. The molecule has 1 saturated heterocycles. The van der Waals surface area contributed by atoms with Gasteiger partial charge in [0.25, 0.3) is 5.89 Å². The molecule has 1 aromatic heterocycles. The van der Waals surface area contributed by atoms with E-state index >= 15 is 0 Å². The molecule has 2 aromatic carbocycles. The number of nitrogens with one attached hydrogen (secondary N) is 1. The minimum Gasteiger partial charge on any atom is -0.334 e. The summed E-state index contributed by atoms with van der Waals surface area (Å²) in [4.78, 5) is 6.85. The number of hydrogen-bond donors (Lipinski definition) is 1. The van der Waals surface area contributed by atoms with Crippen molar-refractivity contribution in [3.63, 3.8) is 0 Å². The second kappa shape index (κ2) is 6.55. The monoisotopic (exact) mass is 320 g/mol. The zero-order valence-corrected chi connectivity index (χ0v) is 13.6. The lowest BCUT2D eigenvalue weighted by Gasteiger charge is -2.30. The van der Waals surface area contributed by atoms with E-state index < -0.39 is 0 Å². The van der Waals surface area contributed by atoms with Crippen LogP contribution in [0, 0.1) is 0 Å². The SMILES string of the molecule is CN1CCNCC1c1noc(-c2ccc(-c3ccccc3)cc2)n1. The molecule has 0 spiro atoms. The summed E-state index contributed by atoms with van der Waals surface area (Å²) in [6.45, 7) is 2.83. The Kier molecular flexibility index (Phi) is 4.11. The summed E-state index contributed by atoms with van der Waals surface area (Å²) >= 11 is 0. The molecule has 1 fully saturated rings. The van der Waals surface area contributed by atoms with Crippen molar-refractivity contribution >= 4 is 0 Å². The van der Waals surface area contributed by atoms with E-state index in [0.717, 1.165) is 31.0 Å². The Labute approximate surface area is 141 Å². The van der Waals surface area contributed by atoms with E-state index in [0.29, 0.717) is 5.89 Å². The minimum absolute atomic E-state index is 0.167. The number of rotatable bonds is 3. The van der Waals surface area contributed by atoms with E-state index in [2.05, 4.69) is 51.7 Å². The first-order valence-electron chi connectivity index (χ1n) is 8.22. The number of benzene rings is 2. The lowest BCUT2D eigenvalue weighted by molar-refractivity contribution is 0.190. The van der Waals surface area contributed by atoms with Crippen LogP contribution in [0.5, 0.6) is 0 Å². The molecule has 0 bridgehead atoms. The summed E-state index contributed by atoms with van der Waals surface area (Å²) in [5, 5.41) is 7.55. The van der Waals surface area contributed by atoms with E-state index in [9.17, 15) is 0 Å². The summed E-state index contributed by atoms with van der Waals surface area (Å²) < 4.78 is 5.48. The van der Waals surface area contributed by atoms with Gasteiger partial charge in [-0.2, -0.15) is 4.98 Å². The van der Waals surface area contributed by atoms with Crippen LogP contribution in [-0.4, -0.2) is 41.7 Å². The highest BCUT2D eigenvalue weighted by atomic mass is 16.5. The number of piperazine rings is 1. The van der Waals surface area contributed by atoms with Crippen LogP contribution < -0.4 is 5.32 Å². The van der Waals surface area contributed by atoms with E-state index in [1.807, 2.05) is 30.3 Å². The first kappa shape index (κ1) is 15.1. The smallest absolute Gasteiger partial charge is 0.257 e. The lowest BCUT2D eigenvalue weighted by atomic mass is 10.0. The molecule has 5 nitrogen and oxygen atoms in total. The molecule has 1 aliphatic rings. The first-order valence-corrected chi connectivity index (χ1v) is 8.22. The molecule has 0 aliphatic carbocycles. The van der Waals surface area contributed by atoms with Gasteiger partial charge < -0.3 is 9.84 Å². The molecule has 1 atom stereocenters. The average Bonchev–Trinajstić information content (AvgIpc) is 3.13. The fraction of sp³-hybridized carbons (Fsp3) is 0.263. The van der Waals surface area contributed by atoms with Gasteiger partial charge >= 0.3 is 0 Å². The Hall–Kier alpha value is -2.50. The molecule has 0 radical (unpaired) electrons. The maximum absolute atomic E-state index is 5.48. The summed E-state index contributed by atoms with van der Waals surface area (Å²) in [6.07, 6.45) is 0. The van der Waals surface area contributed by atoms with Crippen molar-refractivity contribution in [2.45, 2.75) is 6.04 Å². The maximum atomic E-state index is 5.48. The van der Waals surface area contributed by atoms with Gasteiger partial charge in [-0.15, -0.1) is 0 Å². The zero-order valence-electron chi connectivity index (χ0n) is 13.6. The molecule has 2 heterocycles. The normalized spacial score (nSPS) is 18.6. The minimum atomic E-state index is 0.167. The molecule has 0 saturated carbocycles. The average molecular weight is 320 g/mol. The highest BCUT2D eigenvalue weighted by Crippen LogP contribution is 2.25. The third-order valence-electron chi connectivity index (χ3n) is 4.49. The molecule has 1 aliphatic heterocycles. The van der Waals surface area contributed by atoms with E-state index in [-0.39, 0.29) is 6.04 Å². The fourth-order valence-corrected chi connectivity index (χ4v) is 3.02. The Morgan fingerprint density at radius 3 is 2.46 bits per heavy atom. The van der Waals surface area contributed by atoms with Crippen molar-refractivity contribution < 1.29 is 4.52 Å². The largest absolute Gasteiger partial charge is 0.334 e. The maximum Gasteiger partial charge on any atom is 0.257 e. The highest BCUT2D eigenvalue weighted by Gasteiger charge is 2.25. The third kappa shape index (κ3) is 2.96. The van der Waals surface area contributed by atoms with Gasteiger partial charge in [0.15, 0.2) is 5.82 Å². The van der Waals surface area contributed by atoms with Crippen LogP contribution in [0.4, 0.5) is 0 Å². The summed E-state index contributed by atoms with van der Waals surface area (Å²) in [5.41, 5.74) is 3.32. The van der Waals surface area contributed by atoms with Gasteiger partial charge in [-0.3, -0.25) is 4.90 Å². The zero-order chi connectivity index (χ0) is 16.4. The van der Waals surface area contributed by atoms with Crippen molar-refractivity contribution in [2.75, 3.05) is 26.7 Å².